The van der Waals surface area contributed by atoms with Crippen LogP contribution in [0, 0.1) is 0 Å². The summed E-state index contributed by atoms with van der Waals surface area (Å²) in [6.07, 6.45) is 7.63. The number of carbonyl (C=O) groups excluding carboxylic acids is 3. The first-order chi connectivity index (χ1) is 13.9. The second kappa shape index (κ2) is 10.5. The molecule has 0 saturated heterocycles. The first kappa shape index (κ1) is 21.5. The molecule has 0 radical (unpaired) electrons. The van der Waals surface area contributed by atoms with E-state index in [4.69, 9.17) is 0 Å². The molecule has 2 aromatic carbocycles. The second-order valence-corrected chi connectivity index (χ2v) is 6.26. The Kier molecular flexibility index (Phi) is 7.80. The Labute approximate surface area is 170 Å². The largest absolute Gasteiger partial charge is 0.507 e. The molecule has 0 unspecified atom stereocenters. The minimum atomic E-state index is -0.349. The van der Waals surface area contributed by atoms with Crippen molar-refractivity contribution in [2.24, 2.45) is 0 Å². The lowest BCUT2D eigenvalue weighted by Gasteiger charge is -2.04. The number of hydrogen-bond donors (Lipinski definition) is 1. The van der Waals surface area contributed by atoms with Gasteiger partial charge in [0.2, 0.25) is 0 Å². The Bertz CT molecular complexity index is 1010. The molecule has 0 aliphatic rings. The molecule has 0 aliphatic carbocycles. The molecule has 29 heavy (non-hydrogen) atoms. The molecular weight excluding hydrogens is 364 g/mol. The first-order valence-electron chi connectivity index (χ1n) is 9.07. The lowest BCUT2D eigenvalue weighted by molar-refractivity contribution is -0.114. The molecule has 1 N–H and O–H groups in total. The van der Waals surface area contributed by atoms with Gasteiger partial charge in [0.1, 0.15) is 5.76 Å². The van der Waals surface area contributed by atoms with Crippen LogP contribution < -0.4 is 0 Å². The Balaban J connectivity index is 2.23. The van der Waals surface area contributed by atoms with Crippen molar-refractivity contribution in [2.75, 3.05) is 0 Å². The van der Waals surface area contributed by atoms with Crippen LogP contribution in [0.2, 0.25) is 0 Å². The zero-order chi connectivity index (χ0) is 21.2. The minimum Gasteiger partial charge on any atom is -0.507 e. The minimum absolute atomic E-state index is 0.0651. The highest BCUT2D eigenvalue weighted by Gasteiger charge is 2.15. The van der Waals surface area contributed by atoms with E-state index >= 15 is 0 Å². The van der Waals surface area contributed by atoms with Gasteiger partial charge < -0.3 is 5.11 Å². The van der Waals surface area contributed by atoms with Crippen molar-refractivity contribution in [3.8, 4) is 0 Å². The van der Waals surface area contributed by atoms with Crippen LogP contribution in [0.1, 0.15) is 29.8 Å². The first-order valence-corrected chi connectivity index (χ1v) is 9.07. The van der Waals surface area contributed by atoms with Gasteiger partial charge in [-0.1, -0.05) is 78.9 Å². The third kappa shape index (κ3) is 6.11. The van der Waals surface area contributed by atoms with Crippen molar-refractivity contribution in [3.63, 3.8) is 0 Å². The highest BCUT2D eigenvalue weighted by atomic mass is 16.3. The Morgan fingerprint density at radius 1 is 0.724 bits per heavy atom. The van der Waals surface area contributed by atoms with E-state index in [1.165, 1.54) is 26.0 Å². The van der Waals surface area contributed by atoms with Crippen molar-refractivity contribution in [3.05, 3.63) is 113 Å². The fraction of sp³-hybridized carbons (Fsp3) is 0.0800. The molecule has 146 valence electrons. The fourth-order valence-electron chi connectivity index (χ4n) is 2.58. The van der Waals surface area contributed by atoms with Crippen LogP contribution in [-0.2, 0) is 9.59 Å². The average molecular weight is 386 g/mol. The van der Waals surface area contributed by atoms with E-state index in [2.05, 4.69) is 0 Å². The molecule has 4 nitrogen and oxygen atoms in total. The Hall–Kier alpha value is -3.79. The smallest absolute Gasteiger partial charge is 0.196 e. The summed E-state index contributed by atoms with van der Waals surface area (Å²) in [4.78, 5) is 36.2. The van der Waals surface area contributed by atoms with E-state index < -0.39 is 0 Å². The second-order valence-electron chi connectivity index (χ2n) is 6.26. The van der Waals surface area contributed by atoms with Crippen molar-refractivity contribution in [1.29, 1.82) is 0 Å². The molecule has 0 spiro atoms. The third-order valence-electron chi connectivity index (χ3n) is 4.09. The monoisotopic (exact) mass is 386 g/mol. The molecule has 0 aromatic heterocycles. The van der Waals surface area contributed by atoms with Crippen molar-refractivity contribution >= 4 is 23.1 Å². The molecule has 0 aliphatic heterocycles. The zero-order valence-corrected chi connectivity index (χ0v) is 16.3. The number of aliphatic hydroxyl groups is 1. The lowest BCUT2D eigenvalue weighted by atomic mass is 10.0. The van der Waals surface area contributed by atoms with E-state index in [0.717, 1.165) is 0 Å². The number of Topliss-reactive ketones (excluding diaryl/α,β-unsaturated/α-hetero) is 3. The number of hydrogen-bond acceptors (Lipinski definition) is 4. The van der Waals surface area contributed by atoms with Crippen LogP contribution in [0.5, 0.6) is 0 Å². The van der Waals surface area contributed by atoms with Crippen LogP contribution in [0.15, 0.2) is 102 Å². The topological polar surface area (TPSA) is 71.4 Å². The van der Waals surface area contributed by atoms with Crippen LogP contribution in [0.4, 0.5) is 0 Å². The molecular formula is C25H22O4. The summed E-state index contributed by atoms with van der Waals surface area (Å²) in [5.74, 6) is -1.08. The van der Waals surface area contributed by atoms with E-state index in [0.29, 0.717) is 11.1 Å². The number of carbonyl (C=O) groups is 3. The molecule has 0 saturated carbocycles. The molecule has 2 rings (SSSR count). The molecule has 0 atom stereocenters. The molecule has 0 heterocycles. The molecule has 2 aromatic rings. The quantitative estimate of drug-likeness (QED) is 0.172. The van der Waals surface area contributed by atoms with Gasteiger partial charge in [-0.25, -0.2) is 0 Å². The van der Waals surface area contributed by atoms with Gasteiger partial charge in [0.15, 0.2) is 17.3 Å². The maximum absolute atomic E-state index is 12.5. The maximum Gasteiger partial charge on any atom is 0.196 e. The number of allylic oxidation sites excluding steroid dienone is 7. The average Bonchev–Trinajstić information content (AvgIpc) is 2.73. The van der Waals surface area contributed by atoms with Gasteiger partial charge in [0, 0.05) is 11.1 Å². The number of ketones is 3. The van der Waals surface area contributed by atoms with Crippen molar-refractivity contribution in [1.82, 2.24) is 0 Å². The van der Waals surface area contributed by atoms with E-state index in [1.54, 1.807) is 72.8 Å². The number of aliphatic hydroxyl groups excluding tert-OH is 1. The fourth-order valence-corrected chi connectivity index (χ4v) is 2.58. The Morgan fingerprint density at radius 3 is 1.79 bits per heavy atom. The molecule has 0 bridgehead atoms. The number of benzene rings is 2. The molecule has 0 amide bonds. The third-order valence-corrected chi connectivity index (χ3v) is 4.09. The van der Waals surface area contributed by atoms with Gasteiger partial charge in [0.05, 0.1) is 11.1 Å². The van der Waals surface area contributed by atoms with Crippen LogP contribution in [0.25, 0.3) is 5.76 Å². The summed E-state index contributed by atoms with van der Waals surface area (Å²) in [5, 5.41) is 10.3. The maximum atomic E-state index is 12.5. The summed E-state index contributed by atoms with van der Waals surface area (Å²) < 4.78 is 0. The summed E-state index contributed by atoms with van der Waals surface area (Å²) >= 11 is 0. The van der Waals surface area contributed by atoms with Crippen LogP contribution in [0.3, 0.4) is 0 Å². The molecule has 0 fully saturated rings. The van der Waals surface area contributed by atoms with Gasteiger partial charge in [-0.05, 0) is 26.0 Å². The van der Waals surface area contributed by atoms with E-state index in [1.807, 2.05) is 6.07 Å². The van der Waals surface area contributed by atoms with Gasteiger partial charge in [0.25, 0.3) is 0 Å². The predicted octanol–water partition coefficient (Wildman–Crippen LogP) is 5.06. The van der Waals surface area contributed by atoms with Crippen molar-refractivity contribution in [2.45, 2.75) is 13.8 Å². The van der Waals surface area contributed by atoms with Gasteiger partial charge in [-0.15, -0.1) is 0 Å². The zero-order valence-electron chi connectivity index (χ0n) is 16.3. The van der Waals surface area contributed by atoms with Gasteiger partial charge >= 0.3 is 0 Å². The standard InChI is InChI=1S/C25H22O4/c1-18(26)22(24(28)20-12-6-3-7-13-20)16-10-5-11-17-23(19(2)27)25(29)21-14-8-4-9-15-21/h3-17,28H,1-2H3. The van der Waals surface area contributed by atoms with Gasteiger partial charge in [-0.3, -0.25) is 14.4 Å². The van der Waals surface area contributed by atoms with E-state index in [9.17, 15) is 19.5 Å². The summed E-state index contributed by atoms with van der Waals surface area (Å²) in [5.41, 5.74) is 1.21. The predicted molar refractivity (Wildman–Crippen MR) is 114 cm³/mol. The Morgan fingerprint density at radius 2 is 1.28 bits per heavy atom. The normalized spacial score (nSPS) is 12.8. The van der Waals surface area contributed by atoms with Crippen molar-refractivity contribution < 1.29 is 19.5 Å². The highest BCUT2D eigenvalue weighted by Crippen LogP contribution is 2.17. The SMILES string of the molecule is CC(=O)C(=CC=CC=CC(C(C)=O)=C(O)c1ccccc1)C(=O)c1ccccc1. The highest BCUT2D eigenvalue weighted by molar-refractivity contribution is 6.25. The summed E-state index contributed by atoms with van der Waals surface area (Å²) in [7, 11) is 0. The van der Waals surface area contributed by atoms with E-state index in [-0.39, 0.29) is 34.3 Å². The summed E-state index contributed by atoms with van der Waals surface area (Å²) in [6.45, 7) is 2.71. The van der Waals surface area contributed by atoms with Crippen LogP contribution in [-0.4, -0.2) is 22.5 Å². The summed E-state index contributed by atoms with van der Waals surface area (Å²) in [6, 6.07) is 17.3. The van der Waals surface area contributed by atoms with Crippen LogP contribution >= 0.6 is 0 Å². The van der Waals surface area contributed by atoms with Gasteiger partial charge in [-0.2, -0.15) is 0 Å². The lowest BCUT2D eigenvalue weighted by Crippen LogP contribution is -2.10. The molecule has 4 heteroatoms. The number of rotatable bonds is 8.